The number of nitrogens with one attached hydrogen (secondary N) is 1. The Bertz CT molecular complexity index is 395. The molecule has 0 saturated heterocycles. The minimum Gasteiger partial charge on any atom is -0.396 e. The first-order chi connectivity index (χ1) is 9.02. The van der Waals surface area contributed by atoms with Gasteiger partial charge in [-0.25, -0.2) is 15.8 Å². The standard InChI is InChI=1S/C13H25N5O/c1-9(2)11-12(17-14)15-8-16-13(11)18(10(3)4)6-5-7-19/h8-10,19H,5-7,14H2,1-4H3,(H,15,16,17). The van der Waals surface area contributed by atoms with Gasteiger partial charge in [0.05, 0.1) is 0 Å². The van der Waals surface area contributed by atoms with Crippen LogP contribution in [0.25, 0.3) is 0 Å². The van der Waals surface area contributed by atoms with Crippen LogP contribution in [-0.4, -0.2) is 34.3 Å². The fourth-order valence-corrected chi connectivity index (χ4v) is 2.11. The lowest BCUT2D eigenvalue weighted by Crippen LogP contribution is -2.34. The van der Waals surface area contributed by atoms with Crippen molar-refractivity contribution in [2.45, 2.75) is 46.1 Å². The largest absolute Gasteiger partial charge is 0.396 e. The summed E-state index contributed by atoms with van der Waals surface area (Å²) in [4.78, 5) is 10.8. The highest BCUT2D eigenvalue weighted by Gasteiger charge is 2.21. The number of nitrogens with two attached hydrogens (primary N) is 1. The molecule has 1 rings (SSSR count). The predicted octanol–water partition coefficient (Wildman–Crippen LogP) is 1.48. The lowest BCUT2D eigenvalue weighted by molar-refractivity contribution is 0.288. The van der Waals surface area contributed by atoms with Crippen molar-refractivity contribution in [1.29, 1.82) is 0 Å². The first-order valence-corrected chi connectivity index (χ1v) is 6.71. The van der Waals surface area contributed by atoms with Crippen molar-refractivity contribution in [3.05, 3.63) is 11.9 Å². The van der Waals surface area contributed by atoms with Gasteiger partial charge in [0, 0.05) is 24.8 Å². The van der Waals surface area contributed by atoms with E-state index < -0.39 is 0 Å². The number of hydrogen-bond acceptors (Lipinski definition) is 6. The van der Waals surface area contributed by atoms with Crippen LogP contribution in [0, 0.1) is 0 Å². The molecule has 0 aliphatic carbocycles. The Morgan fingerprint density at radius 3 is 2.47 bits per heavy atom. The second kappa shape index (κ2) is 7.25. The van der Waals surface area contributed by atoms with E-state index in [1.165, 1.54) is 6.33 Å². The Labute approximate surface area is 115 Å². The number of nitrogen functional groups attached to an aromatic ring is 1. The lowest BCUT2D eigenvalue weighted by Gasteiger charge is -2.31. The molecule has 0 fully saturated rings. The highest BCUT2D eigenvalue weighted by molar-refractivity contribution is 5.60. The Hall–Kier alpha value is -1.40. The summed E-state index contributed by atoms with van der Waals surface area (Å²) in [6.07, 6.45) is 2.23. The van der Waals surface area contributed by atoms with Gasteiger partial charge < -0.3 is 15.4 Å². The number of nitrogens with zero attached hydrogens (tertiary/aromatic N) is 3. The highest BCUT2D eigenvalue weighted by Crippen LogP contribution is 2.31. The molecule has 6 nitrogen and oxygen atoms in total. The Morgan fingerprint density at radius 1 is 1.32 bits per heavy atom. The Morgan fingerprint density at radius 2 is 2.00 bits per heavy atom. The minimum atomic E-state index is 0.174. The van der Waals surface area contributed by atoms with E-state index in [-0.39, 0.29) is 12.5 Å². The molecule has 0 bridgehead atoms. The van der Waals surface area contributed by atoms with Gasteiger partial charge in [-0.1, -0.05) is 13.8 Å². The van der Waals surface area contributed by atoms with Crippen molar-refractivity contribution in [1.82, 2.24) is 9.97 Å². The van der Waals surface area contributed by atoms with Gasteiger partial charge in [-0.05, 0) is 26.2 Å². The summed E-state index contributed by atoms with van der Waals surface area (Å²) in [5.74, 6) is 7.35. The molecule has 6 heteroatoms. The van der Waals surface area contributed by atoms with Crippen molar-refractivity contribution < 1.29 is 5.11 Å². The first-order valence-electron chi connectivity index (χ1n) is 6.71. The van der Waals surface area contributed by atoms with Crippen molar-refractivity contribution in [2.24, 2.45) is 5.84 Å². The van der Waals surface area contributed by atoms with Crippen LogP contribution in [0.1, 0.15) is 45.6 Å². The molecule has 4 N–H and O–H groups in total. The van der Waals surface area contributed by atoms with Crippen LogP contribution in [0.3, 0.4) is 0 Å². The normalized spacial score (nSPS) is 11.2. The van der Waals surface area contributed by atoms with Crippen LogP contribution in [-0.2, 0) is 0 Å². The number of aliphatic hydroxyl groups is 1. The van der Waals surface area contributed by atoms with Crippen molar-refractivity contribution in [2.75, 3.05) is 23.5 Å². The van der Waals surface area contributed by atoms with E-state index in [9.17, 15) is 0 Å². The molecule has 0 atom stereocenters. The lowest BCUT2D eigenvalue weighted by atomic mass is 10.0. The molecule has 0 unspecified atom stereocenters. The zero-order valence-electron chi connectivity index (χ0n) is 12.2. The molecule has 0 saturated carbocycles. The van der Waals surface area contributed by atoms with Crippen LogP contribution < -0.4 is 16.2 Å². The summed E-state index contributed by atoms with van der Waals surface area (Å²) in [6, 6.07) is 0.296. The van der Waals surface area contributed by atoms with Crippen LogP contribution in [0.4, 0.5) is 11.6 Å². The molecular weight excluding hydrogens is 242 g/mol. The van der Waals surface area contributed by atoms with E-state index >= 15 is 0 Å². The summed E-state index contributed by atoms with van der Waals surface area (Å²) >= 11 is 0. The SMILES string of the molecule is CC(C)c1c(NN)ncnc1N(CCCO)C(C)C. The zero-order chi connectivity index (χ0) is 14.4. The van der Waals surface area contributed by atoms with Gasteiger partial charge in [-0.2, -0.15) is 0 Å². The van der Waals surface area contributed by atoms with Gasteiger partial charge in [0.25, 0.3) is 0 Å². The molecule has 108 valence electrons. The van der Waals surface area contributed by atoms with Gasteiger partial charge in [-0.3, -0.25) is 0 Å². The summed E-state index contributed by atoms with van der Waals surface area (Å²) in [5, 5.41) is 9.03. The van der Waals surface area contributed by atoms with Gasteiger partial charge in [0.2, 0.25) is 0 Å². The minimum absolute atomic E-state index is 0.174. The summed E-state index contributed by atoms with van der Waals surface area (Å²) in [7, 11) is 0. The summed E-state index contributed by atoms with van der Waals surface area (Å²) in [6.45, 7) is 9.33. The van der Waals surface area contributed by atoms with Crippen LogP contribution in [0.15, 0.2) is 6.33 Å². The predicted molar refractivity (Wildman–Crippen MR) is 78.1 cm³/mol. The molecule has 0 spiro atoms. The van der Waals surface area contributed by atoms with Gasteiger partial charge in [-0.15, -0.1) is 0 Å². The van der Waals surface area contributed by atoms with Gasteiger partial charge in [0.1, 0.15) is 18.0 Å². The number of rotatable bonds is 7. The molecule has 0 aliphatic rings. The average molecular weight is 267 g/mol. The number of hydrazine groups is 1. The molecule has 0 aliphatic heterocycles. The molecule has 19 heavy (non-hydrogen) atoms. The number of aromatic nitrogens is 2. The quantitative estimate of drug-likeness (QED) is 0.512. The topological polar surface area (TPSA) is 87.3 Å². The second-order valence-electron chi connectivity index (χ2n) is 5.12. The number of anilines is 2. The van der Waals surface area contributed by atoms with Gasteiger partial charge >= 0.3 is 0 Å². The second-order valence-corrected chi connectivity index (χ2v) is 5.12. The van der Waals surface area contributed by atoms with E-state index in [0.29, 0.717) is 18.3 Å². The number of aliphatic hydroxyl groups excluding tert-OH is 1. The highest BCUT2D eigenvalue weighted by atomic mass is 16.3. The van der Waals surface area contributed by atoms with E-state index in [1.54, 1.807) is 0 Å². The van der Waals surface area contributed by atoms with Crippen LogP contribution in [0.2, 0.25) is 0 Å². The molecule has 0 radical (unpaired) electrons. The van der Waals surface area contributed by atoms with Crippen molar-refractivity contribution >= 4 is 11.6 Å². The van der Waals surface area contributed by atoms with Gasteiger partial charge in [0.15, 0.2) is 0 Å². The molecule has 1 aromatic rings. The maximum absolute atomic E-state index is 9.03. The fraction of sp³-hybridized carbons (Fsp3) is 0.692. The zero-order valence-corrected chi connectivity index (χ0v) is 12.2. The summed E-state index contributed by atoms with van der Waals surface area (Å²) < 4.78 is 0. The molecule has 1 heterocycles. The van der Waals surface area contributed by atoms with Crippen molar-refractivity contribution in [3.8, 4) is 0 Å². The van der Waals surface area contributed by atoms with Crippen LogP contribution >= 0.6 is 0 Å². The molecular formula is C13H25N5O. The average Bonchev–Trinajstić information content (AvgIpc) is 2.38. The third kappa shape index (κ3) is 3.78. The monoisotopic (exact) mass is 267 g/mol. The maximum Gasteiger partial charge on any atom is 0.148 e. The fourth-order valence-electron chi connectivity index (χ4n) is 2.11. The third-order valence-electron chi connectivity index (χ3n) is 3.03. The smallest absolute Gasteiger partial charge is 0.148 e. The molecule has 0 amide bonds. The van der Waals surface area contributed by atoms with E-state index in [1.807, 2.05) is 0 Å². The van der Waals surface area contributed by atoms with E-state index in [4.69, 9.17) is 10.9 Å². The van der Waals surface area contributed by atoms with Crippen LogP contribution in [0.5, 0.6) is 0 Å². The first kappa shape index (κ1) is 15.7. The summed E-state index contributed by atoms with van der Waals surface area (Å²) in [5.41, 5.74) is 3.65. The maximum atomic E-state index is 9.03. The van der Waals surface area contributed by atoms with E-state index in [0.717, 1.165) is 17.9 Å². The third-order valence-corrected chi connectivity index (χ3v) is 3.03. The number of hydrogen-bond donors (Lipinski definition) is 3. The van der Waals surface area contributed by atoms with E-state index in [2.05, 4.69) is 48.0 Å². The Kier molecular flexibility index (Phi) is 5.98. The Balaban J connectivity index is 3.21. The molecule has 1 aromatic heterocycles. The molecule has 0 aromatic carbocycles. The van der Waals surface area contributed by atoms with Crippen molar-refractivity contribution in [3.63, 3.8) is 0 Å².